The summed E-state index contributed by atoms with van der Waals surface area (Å²) in [7, 11) is 0. The predicted molar refractivity (Wildman–Crippen MR) is 80.9 cm³/mol. The molecule has 0 aromatic rings. The van der Waals surface area contributed by atoms with Gasteiger partial charge in [0.1, 0.15) is 0 Å². The average Bonchev–Trinajstić information content (AvgIpc) is 2.74. The molecule has 3 nitrogen and oxygen atoms in total. The summed E-state index contributed by atoms with van der Waals surface area (Å²) in [5.41, 5.74) is 0. The van der Waals surface area contributed by atoms with Crippen LogP contribution in [0.25, 0.3) is 0 Å². The van der Waals surface area contributed by atoms with E-state index in [2.05, 4.69) is 44.8 Å². The summed E-state index contributed by atoms with van der Waals surface area (Å²) >= 11 is 0. The first-order valence-electron chi connectivity index (χ1n) is 8.18. The van der Waals surface area contributed by atoms with Crippen LogP contribution in [0.4, 0.5) is 0 Å². The molecule has 112 valence electrons. The van der Waals surface area contributed by atoms with Crippen molar-refractivity contribution in [2.24, 2.45) is 5.92 Å². The van der Waals surface area contributed by atoms with E-state index in [4.69, 9.17) is 0 Å². The monoisotopic (exact) mass is 268 g/mol. The Kier molecular flexibility index (Phi) is 6.84. The van der Waals surface area contributed by atoms with Gasteiger partial charge in [0, 0.05) is 6.04 Å². The molecule has 1 aliphatic rings. The summed E-state index contributed by atoms with van der Waals surface area (Å²) in [6, 6.07) is 0.410. The van der Waals surface area contributed by atoms with Crippen molar-refractivity contribution in [1.82, 2.24) is 10.2 Å². The van der Waals surface area contributed by atoms with Gasteiger partial charge < -0.3 is 4.90 Å². The smallest absolute Gasteiger partial charge is 0.241 e. The third-order valence-electron chi connectivity index (χ3n) is 4.68. The fourth-order valence-corrected chi connectivity index (χ4v) is 3.33. The molecule has 1 N–H and O–H groups in total. The minimum atomic E-state index is 0.0571. The van der Waals surface area contributed by atoms with Crippen molar-refractivity contribution in [3.8, 4) is 0 Å². The normalized spacial score (nSPS) is 25.4. The van der Waals surface area contributed by atoms with Crippen LogP contribution in [0, 0.1) is 5.92 Å². The van der Waals surface area contributed by atoms with Gasteiger partial charge in [0.2, 0.25) is 5.91 Å². The first kappa shape index (κ1) is 16.5. The van der Waals surface area contributed by atoms with Gasteiger partial charge in [-0.1, -0.05) is 53.4 Å². The van der Waals surface area contributed by atoms with E-state index >= 15 is 0 Å². The molecular formula is C16H32N2O. The Labute approximate surface area is 119 Å². The first-order chi connectivity index (χ1) is 9.10. The molecule has 0 saturated carbocycles. The summed E-state index contributed by atoms with van der Waals surface area (Å²) in [4.78, 5) is 14.8. The maximum atomic E-state index is 12.6. The largest absolute Gasteiger partial charge is 0.323 e. The highest BCUT2D eigenvalue weighted by molar-refractivity contribution is 5.84. The highest BCUT2D eigenvalue weighted by atomic mass is 16.2. The molecule has 1 aliphatic heterocycles. The van der Waals surface area contributed by atoms with Crippen molar-refractivity contribution in [2.75, 3.05) is 0 Å². The molecular weight excluding hydrogens is 236 g/mol. The number of hydrogen-bond acceptors (Lipinski definition) is 2. The molecule has 1 saturated heterocycles. The van der Waals surface area contributed by atoms with Gasteiger partial charge in [0.25, 0.3) is 0 Å². The lowest BCUT2D eigenvalue weighted by atomic mass is 9.93. The van der Waals surface area contributed by atoms with Crippen LogP contribution in [0.5, 0.6) is 0 Å². The minimum absolute atomic E-state index is 0.0571. The van der Waals surface area contributed by atoms with E-state index in [1.807, 2.05) is 0 Å². The Morgan fingerprint density at radius 3 is 2.32 bits per heavy atom. The van der Waals surface area contributed by atoms with E-state index < -0.39 is 0 Å². The summed E-state index contributed by atoms with van der Waals surface area (Å²) < 4.78 is 0. The molecule has 3 atom stereocenters. The predicted octanol–water partition coefficient (Wildman–Crippen LogP) is 3.54. The molecule has 0 radical (unpaired) electrons. The number of carbonyl (C=O) groups is 1. The van der Waals surface area contributed by atoms with E-state index in [1.165, 1.54) is 0 Å². The molecule has 0 spiro atoms. The number of nitrogens with zero attached hydrogens (tertiary/aromatic N) is 1. The molecule has 1 rings (SSSR count). The van der Waals surface area contributed by atoms with Crippen molar-refractivity contribution in [3.05, 3.63) is 0 Å². The molecule has 3 heteroatoms. The number of nitrogens with one attached hydrogen (secondary N) is 1. The van der Waals surface area contributed by atoms with E-state index in [0.29, 0.717) is 17.9 Å². The average molecular weight is 268 g/mol. The Hall–Kier alpha value is -0.570. The standard InChI is InChI=1S/C16H32N2O/c1-6-10-11-14-16(19)18(15(9-4)17-14)12(5)13(7-2)8-3/h12-15,17H,6-11H2,1-5H3. The Morgan fingerprint density at radius 1 is 1.21 bits per heavy atom. The fourth-order valence-electron chi connectivity index (χ4n) is 3.33. The zero-order valence-corrected chi connectivity index (χ0v) is 13.4. The first-order valence-corrected chi connectivity index (χ1v) is 8.18. The summed E-state index contributed by atoms with van der Waals surface area (Å²) in [5, 5.41) is 3.54. The SMILES string of the molecule is CCCCC1NC(CC)N(C(C)C(CC)CC)C1=O. The molecule has 0 aliphatic carbocycles. The maximum absolute atomic E-state index is 12.6. The van der Waals surface area contributed by atoms with Gasteiger partial charge in [-0.15, -0.1) is 0 Å². The molecule has 0 aromatic heterocycles. The number of carbonyl (C=O) groups excluding carboxylic acids is 1. The number of hydrogen-bond donors (Lipinski definition) is 1. The van der Waals surface area contributed by atoms with Gasteiger partial charge in [0.05, 0.1) is 12.2 Å². The quantitative estimate of drug-likeness (QED) is 0.730. The van der Waals surface area contributed by atoms with Gasteiger partial charge in [-0.05, 0) is 25.7 Å². The van der Waals surface area contributed by atoms with Crippen LogP contribution in [-0.2, 0) is 4.79 Å². The topological polar surface area (TPSA) is 32.3 Å². The number of amides is 1. The summed E-state index contributed by atoms with van der Waals surface area (Å²) in [6.07, 6.45) is 6.81. The molecule has 19 heavy (non-hydrogen) atoms. The lowest BCUT2D eigenvalue weighted by Crippen LogP contribution is -2.46. The summed E-state index contributed by atoms with van der Waals surface area (Å²) in [5.74, 6) is 0.949. The van der Waals surface area contributed by atoms with Crippen LogP contribution in [0.2, 0.25) is 0 Å². The highest BCUT2D eigenvalue weighted by Crippen LogP contribution is 2.26. The van der Waals surface area contributed by atoms with Gasteiger partial charge in [-0.25, -0.2) is 0 Å². The number of rotatable bonds is 8. The van der Waals surface area contributed by atoms with Crippen LogP contribution in [0.3, 0.4) is 0 Å². The minimum Gasteiger partial charge on any atom is -0.323 e. The molecule has 0 bridgehead atoms. The van der Waals surface area contributed by atoms with Crippen molar-refractivity contribution < 1.29 is 4.79 Å². The van der Waals surface area contributed by atoms with Gasteiger partial charge in [-0.2, -0.15) is 0 Å². The highest BCUT2D eigenvalue weighted by Gasteiger charge is 2.41. The molecule has 1 fully saturated rings. The third-order valence-corrected chi connectivity index (χ3v) is 4.68. The van der Waals surface area contributed by atoms with Gasteiger partial charge in [0.15, 0.2) is 0 Å². The second-order valence-electron chi connectivity index (χ2n) is 5.85. The van der Waals surface area contributed by atoms with Crippen LogP contribution < -0.4 is 5.32 Å². The second kappa shape index (κ2) is 7.88. The zero-order valence-electron chi connectivity index (χ0n) is 13.4. The van der Waals surface area contributed by atoms with Crippen molar-refractivity contribution >= 4 is 5.91 Å². The maximum Gasteiger partial charge on any atom is 0.241 e. The fraction of sp³-hybridized carbons (Fsp3) is 0.938. The van der Waals surface area contributed by atoms with Crippen LogP contribution >= 0.6 is 0 Å². The molecule has 1 heterocycles. The van der Waals surface area contributed by atoms with Crippen molar-refractivity contribution in [1.29, 1.82) is 0 Å². The van der Waals surface area contributed by atoms with Crippen molar-refractivity contribution in [2.45, 2.75) is 91.4 Å². The second-order valence-corrected chi connectivity index (χ2v) is 5.85. The molecule has 1 amide bonds. The third kappa shape index (κ3) is 3.71. The Morgan fingerprint density at radius 2 is 1.84 bits per heavy atom. The van der Waals surface area contributed by atoms with Crippen LogP contribution in [-0.4, -0.2) is 29.1 Å². The van der Waals surface area contributed by atoms with Gasteiger partial charge >= 0.3 is 0 Å². The van der Waals surface area contributed by atoms with E-state index in [9.17, 15) is 4.79 Å². The molecule has 0 aromatic carbocycles. The van der Waals surface area contributed by atoms with Crippen LogP contribution in [0.15, 0.2) is 0 Å². The Balaban J connectivity index is 2.76. The molecule has 3 unspecified atom stereocenters. The summed E-state index contributed by atoms with van der Waals surface area (Å²) in [6.45, 7) is 11.0. The number of unbranched alkanes of at least 4 members (excludes halogenated alkanes) is 1. The van der Waals surface area contributed by atoms with Gasteiger partial charge in [-0.3, -0.25) is 10.1 Å². The van der Waals surface area contributed by atoms with Crippen LogP contribution in [0.1, 0.15) is 73.1 Å². The lowest BCUT2D eigenvalue weighted by molar-refractivity contribution is -0.133. The lowest BCUT2D eigenvalue weighted by Gasteiger charge is -2.34. The van der Waals surface area contributed by atoms with E-state index in [-0.39, 0.29) is 12.2 Å². The zero-order chi connectivity index (χ0) is 14.4. The Bertz CT molecular complexity index is 276. The van der Waals surface area contributed by atoms with E-state index in [0.717, 1.165) is 38.5 Å². The van der Waals surface area contributed by atoms with E-state index in [1.54, 1.807) is 0 Å². The van der Waals surface area contributed by atoms with Crippen molar-refractivity contribution in [3.63, 3.8) is 0 Å².